The molecule has 2 heteroatoms. The molecule has 1 aliphatic heterocycles. The van der Waals surface area contributed by atoms with Gasteiger partial charge >= 0.3 is 5.97 Å². The van der Waals surface area contributed by atoms with Crippen molar-refractivity contribution in [1.82, 2.24) is 0 Å². The van der Waals surface area contributed by atoms with Crippen molar-refractivity contribution in [2.24, 2.45) is 53.3 Å². The van der Waals surface area contributed by atoms with Crippen LogP contribution in [0.4, 0.5) is 0 Å². The Balaban J connectivity index is 0.000000177. The first kappa shape index (κ1) is 15.0. The molecule has 0 spiro atoms. The number of rotatable bonds is 1. The van der Waals surface area contributed by atoms with Gasteiger partial charge in [0.15, 0.2) is 0 Å². The van der Waals surface area contributed by atoms with E-state index in [-0.39, 0.29) is 5.97 Å². The van der Waals surface area contributed by atoms with Crippen molar-refractivity contribution in [3.05, 3.63) is 0 Å². The van der Waals surface area contributed by atoms with Crippen LogP contribution in [0, 0.1) is 53.3 Å². The lowest BCUT2D eigenvalue weighted by molar-refractivity contribution is -0.137. The number of hydrogen-bond acceptors (Lipinski definition) is 2. The predicted molar refractivity (Wildman–Crippen MR) is 87.1 cm³/mol. The maximum Gasteiger partial charge on any atom is 0.305 e. The molecule has 2 nitrogen and oxygen atoms in total. The second-order valence-electron chi connectivity index (χ2n) is 8.82. The zero-order valence-corrected chi connectivity index (χ0v) is 14.5. The Morgan fingerprint density at radius 3 is 2.27 bits per heavy atom. The number of carbonyl (C=O) groups excluding carboxylic acids is 1. The smallest absolute Gasteiger partial charge is 0.305 e. The summed E-state index contributed by atoms with van der Waals surface area (Å²) < 4.78 is 4.51. The molecule has 4 bridgehead atoms. The van der Waals surface area contributed by atoms with E-state index in [1.165, 1.54) is 18.3 Å². The summed E-state index contributed by atoms with van der Waals surface area (Å²) in [4.78, 5) is 10.0. The Bertz CT molecular complexity index is 433. The van der Waals surface area contributed by atoms with Gasteiger partial charge in [0.05, 0.1) is 6.61 Å². The van der Waals surface area contributed by atoms with E-state index in [9.17, 15) is 4.79 Å². The molecule has 1 heterocycles. The van der Waals surface area contributed by atoms with Gasteiger partial charge in [-0.05, 0) is 78.9 Å². The molecule has 0 aromatic heterocycles. The van der Waals surface area contributed by atoms with Gasteiger partial charge in [-0.1, -0.05) is 27.2 Å². The maximum atomic E-state index is 10.0. The largest absolute Gasteiger partial charge is 0.466 e. The average molecular weight is 304 g/mol. The highest BCUT2D eigenvalue weighted by Crippen LogP contribution is 2.71. The average Bonchev–Trinajstić information content (AvgIpc) is 3.27. The van der Waals surface area contributed by atoms with Gasteiger partial charge in [0.25, 0.3) is 0 Å². The number of fused-ring (bicyclic) bond motifs is 9. The van der Waals surface area contributed by atoms with Gasteiger partial charge in [0.2, 0.25) is 0 Å². The van der Waals surface area contributed by atoms with E-state index >= 15 is 0 Å². The highest BCUT2D eigenvalue weighted by molar-refractivity contribution is 5.70. The normalized spacial score (nSPS) is 54.1. The zero-order valence-electron chi connectivity index (χ0n) is 14.5. The van der Waals surface area contributed by atoms with Gasteiger partial charge in [0, 0.05) is 6.42 Å². The minimum Gasteiger partial charge on any atom is -0.466 e. The van der Waals surface area contributed by atoms with Crippen molar-refractivity contribution in [1.29, 1.82) is 0 Å². The lowest BCUT2D eigenvalue weighted by Gasteiger charge is -2.43. The second-order valence-corrected chi connectivity index (χ2v) is 8.82. The fourth-order valence-corrected chi connectivity index (χ4v) is 7.31. The van der Waals surface area contributed by atoms with Crippen LogP contribution in [0.2, 0.25) is 0 Å². The van der Waals surface area contributed by atoms with Gasteiger partial charge < -0.3 is 4.74 Å². The van der Waals surface area contributed by atoms with Crippen LogP contribution in [0.5, 0.6) is 0 Å². The Morgan fingerprint density at radius 1 is 1.00 bits per heavy atom. The van der Waals surface area contributed by atoms with Crippen molar-refractivity contribution >= 4 is 5.97 Å². The van der Waals surface area contributed by atoms with E-state index in [2.05, 4.69) is 25.5 Å². The minimum absolute atomic E-state index is 0.0463. The summed E-state index contributed by atoms with van der Waals surface area (Å²) in [5.41, 5.74) is 0. The third kappa shape index (κ3) is 2.08. The molecular weight excluding hydrogens is 272 g/mol. The van der Waals surface area contributed by atoms with Crippen LogP contribution in [0.15, 0.2) is 0 Å². The first-order chi connectivity index (χ1) is 10.6. The first-order valence-corrected chi connectivity index (χ1v) is 9.77. The number of cyclic esters (lactones) is 1. The second kappa shape index (κ2) is 5.53. The van der Waals surface area contributed by atoms with Crippen molar-refractivity contribution in [2.45, 2.75) is 59.3 Å². The maximum absolute atomic E-state index is 10.0. The highest BCUT2D eigenvalue weighted by atomic mass is 16.5. The summed E-state index contributed by atoms with van der Waals surface area (Å²) in [5.74, 6) is 10.1. The SMILES string of the molecule is CCC1CC2CC1C1C3CC(C(C)C3C)C21.O=C1CCCO1. The van der Waals surface area contributed by atoms with Crippen molar-refractivity contribution in [2.75, 3.05) is 6.61 Å². The van der Waals surface area contributed by atoms with Gasteiger partial charge in [-0.2, -0.15) is 0 Å². The minimum atomic E-state index is -0.0463. The van der Waals surface area contributed by atoms with Crippen LogP contribution in [-0.4, -0.2) is 12.6 Å². The van der Waals surface area contributed by atoms with Crippen LogP contribution in [0.25, 0.3) is 0 Å². The van der Waals surface area contributed by atoms with Crippen LogP contribution in [0.1, 0.15) is 59.3 Å². The lowest BCUT2D eigenvalue weighted by Crippen LogP contribution is -2.38. The van der Waals surface area contributed by atoms with Crippen LogP contribution in [-0.2, 0) is 9.53 Å². The summed E-state index contributed by atoms with van der Waals surface area (Å²) in [7, 11) is 0. The summed E-state index contributed by atoms with van der Waals surface area (Å²) in [6.07, 6.45) is 7.85. The Kier molecular flexibility index (Phi) is 3.77. The molecule has 0 amide bonds. The molecule has 9 atom stereocenters. The highest BCUT2D eigenvalue weighted by Gasteiger charge is 2.65. The molecule has 4 saturated carbocycles. The summed E-state index contributed by atoms with van der Waals surface area (Å²) >= 11 is 0. The van der Waals surface area contributed by atoms with Crippen molar-refractivity contribution in [3.8, 4) is 0 Å². The lowest BCUT2D eigenvalue weighted by atomic mass is 9.62. The molecule has 5 fully saturated rings. The van der Waals surface area contributed by atoms with E-state index in [1.807, 2.05) is 0 Å². The van der Waals surface area contributed by atoms with Crippen LogP contribution in [0.3, 0.4) is 0 Å². The number of carbonyl (C=O) groups is 1. The van der Waals surface area contributed by atoms with Crippen molar-refractivity contribution < 1.29 is 9.53 Å². The van der Waals surface area contributed by atoms with Gasteiger partial charge in [-0.15, -0.1) is 0 Å². The zero-order chi connectivity index (χ0) is 15.4. The van der Waals surface area contributed by atoms with E-state index in [0.29, 0.717) is 13.0 Å². The van der Waals surface area contributed by atoms with E-state index in [4.69, 9.17) is 0 Å². The number of esters is 1. The molecule has 0 aromatic carbocycles. The summed E-state index contributed by atoms with van der Waals surface area (Å²) in [6.45, 7) is 8.17. The molecule has 4 aliphatic carbocycles. The first-order valence-electron chi connectivity index (χ1n) is 9.77. The molecule has 0 aromatic rings. The number of hydrogen-bond donors (Lipinski definition) is 0. The van der Waals surface area contributed by atoms with Gasteiger partial charge in [0.1, 0.15) is 0 Å². The quantitative estimate of drug-likeness (QED) is 0.525. The third-order valence-corrected chi connectivity index (χ3v) is 8.29. The Hall–Kier alpha value is -0.530. The van der Waals surface area contributed by atoms with E-state index < -0.39 is 0 Å². The molecular formula is C20H32O2. The fourth-order valence-electron chi connectivity index (χ4n) is 7.31. The number of ether oxygens (including phenoxy) is 1. The molecule has 22 heavy (non-hydrogen) atoms. The fraction of sp³-hybridized carbons (Fsp3) is 0.950. The molecule has 5 rings (SSSR count). The summed E-state index contributed by atoms with van der Waals surface area (Å²) in [5, 5.41) is 0. The van der Waals surface area contributed by atoms with Crippen molar-refractivity contribution in [3.63, 3.8) is 0 Å². The molecule has 9 unspecified atom stereocenters. The van der Waals surface area contributed by atoms with E-state index in [1.54, 1.807) is 19.3 Å². The van der Waals surface area contributed by atoms with Gasteiger partial charge in [-0.3, -0.25) is 4.79 Å². The molecule has 5 aliphatic rings. The predicted octanol–water partition coefficient (Wildman–Crippen LogP) is 4.53. The topological polar surface area (TPSA) is 26.3 Å². The molecule has 124 valence electrons. The standard InChI is InChI=1S/C16H26.C4H6O2/c1-4-10-5-11-6-14(10)16-13-7-12(15(11)16)8(2)9(13)3;5-4-2-1-3-6-4/h8-16H,4-7H2,1-3H3;1-3H2. The molecule has 0 radical (unpaired) electrons. The molecule has 0 N–H and O–H groups in total. The van der Waals surface area contributed by atoms with Gasteiger partial charge in [-0.25, -0.2) is 0 Å². The van der Waals surface area contributed by atoms with Crippen LogP contribution >= 0.6 is 0 Å². The molecule has 1 saturated heterocycles. The Labute approximate surface area is 135 Å². The summed E-state index contributed by atoms with van der Waals surface area (Å²) in [6, 6.07) is 0. The monoisotopic (exact) mass is 304 g/mol. The van der Waals surface area contributed by atoms with E-state index in [0.717, 1.165) is 47.8 Å². The Morgan fingerprint density at radius 2 is 1.73 bits per heavy atom. The van der Waals surface area contributed by atoms with Crippen LogP contribution < -0.4 is 0 Å². The third-order valence-electron chi connectivity index (χ3n) is 8.29.